The van der Waals surface area contributed by atoms with Crippen LogP contribution < -0.4 is 5.32 Å². The second-order valence-corrected chi connectivity index (χ2v) is 7.87. The van der Waals surface area contributed by atoms with Gasteiger partial charge in [-0.2, -0.15) is 4.31 Å². The number of nitrogens with one attached hydrogen (secondary N) is 1. The van der Waals surface area contributed by atoms with E-state index in [1.807, 2.05) is 13.8 Å². The van der Waals surface area contributed by atoms with E-state index in [4.69, 9.17) is 0 Å². The van der Waals surface area contributed by atoms with Crippen LogP contribution in [0.4, 0.5) is 9.18 Å². The molecule has 2 amide bonds. The normalized spacial score (nSPS) is 16.6. The number of hydrogen-bond donors (Lipinski definition) is 1. The van der Waals surface area contributed by atoms with Crippen molar-refractivity contribution in [3.8, 4) is 0 Å². The van der Waals surface area contributed by atoms with Gasteiger partial charge in [0, 0.05) is 32.7 Å². The molecule has 0 bridgehead atoms. The smallest absolute Gasteiger partial charge is 0.317 e. The number of rotatable bonds is 4. The van der Waals surface area contributed by atoms with Gasteiger partial charge >= 0.3 is 6.03 Å². The minimum absolute atomic E-state index is 0.0600. The van der Waals surface area contributed by atoms with Gasteiger partial charge in [0.05, 0.1) is 4.90 Å². The van der Waals surface area contributed by atoms with E-state index in [2.05, 4.69) is 5.32 Å². The summed E-state index contributed by atoms with van der Waals surface area (Å²) < 4.78 is 39.5. The van der Waals surface area contributed by atoms with E-state index in [-0.39, 0.29) is 24.0 Å². The Morgan fingerprint density at radius 1 is 1.26 bits per heavy atom. The molecule has 0 aromatic heterocycles. The van der Waals surface area contributed by atoms with E-state index in [1.165, 1.54) is 22.5 Å². The lowest BCUT2D eigenvalue weighted by Gasteiger charge is -2.34. The summed E-state index contributed by atoms with van der Waals surface area (Å²) in [5, 5.41) is 2.81. The molecule has 1 saturated heterocycles. The first-order valence-corrected chi connectivity index (χ1v) is 9.03. The Morgan fingerprint density at radius 2 is 1.91 bits per heavy atom. The van der Waals surface area contributed by atoms with E-state index < -0.39 is 15.8 Å². The molecule has 1 heterocycles. The van der Waals surface area contributed by atoms with Gasteiger partial charge in [0.1, 0.15) is 5.82 Å². The van der Waals surface area contributed by atoms with Crippen LogP contribution in [0.5, 0.6) is 0 Å². The number of carbonyl (C=O) groups is 1. The minimum atomic E-state index is -3.72. The Morgan fingerprint density at radius 3 is 2.48 bits per heavy atom. The summed E-state index contributed by atoms with van der Waals surface area (Å²) in [7, 11) is -3.72. The molecule has 0 atom stereocenters. The zero-order valence-electron chi connectivity index (χ0n) is 13.3. The number of nitrogens with zero attached hydrogens (tertiary/aromatic N) is 2. The minimum Gasteiger partial charge on any atom is -0.338 e. The summed E-state index contributed by atoms with van der Waals surface area (Å²) in [6.45, 7) is 5.63. The second-order valence-electron chi connectivity index (χ2n) is 5.93. The molecule has 0 spiro atoms. The Kier molecular flexibility index (Phi) is 5.59. The lowest BCUT2D eigenvalue weighted by molar-refractivity contribution is 0.171. The molecule has 23 heavy (non-hydrogen) atoms. The summed E-state index contributed by atoms with van der Waals surface area (Å²) in [6.07, 6.45) is 0. The van der Waals surface area contributed by atoms with E-state index in [1.54, 1.807) is 4.90 Å². The molecule has 8 heteroatoms. The Bertz CT molecular complexity index is 656. The van der Waals surface area contributed by atoms with Crippen molar-refractivity contribution >= 4 is 16.1 Å². The molecule has 1 aliphatic heterocycles. The van der Waals surface area contributed by atoms with Gasteiger partial charge < -0.3 is 10.2 Å². The molecule has 0 aliphatic carbocycles. The van der Waals surface area contributed by atoms with Crippen molar-refractivity contribution in [1.29, 1.82) is 0 Å². The number of amides is 2. The monoisotopic (exact) mass is 343 g/mol. The van der Waals surface area contributed by atoms with Crippen molar-refractivity contribution in [3.05, 3.63) is 30.1 Å². The summed E-state index contributed by atoms with van der Waals surface area (Å²) in [5.74, 6) is -0.230. The highest BCUT2D eigenvalue weighted by Gasteiger charge is 2.30. The number of piperazine rings is 1. The average Bonchev–Trinajstić information content (AvgIpc) is 2.52. The fourth-order valence-electron chi connectivity index (χ4n) is 2.31. The van der Waals surface area contributed by atoms with Gasteiger partial charge in [0.15, 0.2) is 0 Å². The Labute approximate surface area is 136 Å². The SMILES string of the molecule is CC(C)CNC(=O)N1CCN(S(=O)(=O)c2cccc(F)c2)CC1. The molecular weight excluding hydrogens is 321 g/mol. The quantitative estimate of drug-likeness (QED) is 0.901. The Hall–Kier alpha value is -1.67. The number of benzene rings is 1. The van der Waals surface area contributed by atoms with Crippen LogP contribution in [0.2, 0.25) is 0 Å². The summed E-state index contributed by atoms with van der Waals surface area (Å²) >= 11 is 0. The van der Waals surface area contributed by atoms with Crippen molar-refractivity contribution in [2.45, 2.75) is 18.7 Å². The maximum absolute atomic E-state index is 13.2. The molecule has 1 fully saturated rings. The van der Waals surface area contributed by atoms with Crippen LogP contribution in [0.25, 0.3) is 0 Å². The van der Waals surface area contributed by atoms with Crippen LogP contribution in [0.3, 0.4) is 0 Å². The molecule has 0 unspecified atom stereocenters. The first-order valence-electron chi connectivity index (χ1n) is 7.59. The molecule has 2 rings (SSSR count). The number of sulfonamides is 1. The highest BCUT2D eigenvalue weighted by atomic mass is 32.2. The molecule has 1 aromatic carbocycles. The fraction of sp³-hybridized carbons (Fsp3) is 0.533. The van der Waals surface area contributed by atoms with Crippen LogP contribution in [-0.4, -0.2) is 56.4 Å². The molecule has 0 radical (unpaired) electrons. The van der Waals surface area contributed by atoms with Crippen LogP contribution in [-0.2, 0) is 10.0 Å². The maximum Gasteiger partial charge on any atom is 0.317 e. The molecule has 0 saturated carbocycles. The second kappa shape index (κ2) is 7.27. The van der Waals surface area contributed by atoms with Gasteiger partial charge in [-0.25, -0.2) is 17.6 Å². The van der Waals surface area contributed by atoms with Gasteiger partial charge in [-0.3, -0.25) is 0 Å². The number of carbonyl (C=O) groups excluding carboxylic acids is 1. The standard InChI is InChI=1S/C15H22FN3O3S/c1-12(2)11-17-15(20)18-6-8-19(9-7-18)23(21,22)14-5-3-4-13(16)10-14/h3-5,10,12H,6-9,11H2,1-2H3,(H,17,20). The number of hydrogen-bond acceptors (Lipinski definition) is 3. The largest absolute Gasteiger partial charge is 0.338 e. The van der Waals surface area contributed by atoms with Gasteiger partial charge in [0.25, 0.3) is 0 Å². The van der Waals surface area contributed by atoms with Gasteiger partial charge in [-0.05, 0) is 24.1 Å². The van der Waals surface area contributed by atoms with Crippen molar-refractivity contribution in [3.63, 3.8) is 0 Å². The van der Waals surface area contributed by atoms with Crippen molar-refractivity contribution in [2.24, 2.45) is 5.92 Å². The van der Waals surface area contributed by atoms with Crippen molar-refractivity contribution < 1.29 is 17.6 Å². The third-order valence-electron chi connectivity index (χ3n) is 3.62. The fourth-order valence-corrected chi connectivity index (χ4v) is 3.77. The number of halogens is 1. The summed E-state index contributed by atoms with van der Waals surface area (Å²) in [6, 6.07) is 4.78. The lowest BCUT2D eigenvalue weighted by Crippen LogP contribution is -2.53. The van der Waals surface area contributed by atoms with Crippen LogP contribution in [0, 0.1) is 11.7 Å². The molecular formula is C15H22FN3O3S. The predicted molar refractivity (Wildman–Crippen MR) is 85.0 cm³/mol. The van der Waals surface area contributed by atoms with Crippen LogP contribution in [0.15, 0.2) is 29.2 Å². The highest BCUT2D eigenvalue weighted by molar-refractivity contribution is 7.89. The predicted octanol–water partition coefficient (Wildman–Crippen LogP) is 1.50. The number of urea groups is 1. The van der Waals surface area contributed by atoms with Crippen molar-refractivity contribution in [1.82, 2.24) is 14.5 Å². The molecule has 6 nitrogen and oxygen atoms in total. The van der Waals surface area contributed by atoms with Gasteiger partial charge in [0.2, 0.25) is 10.0 Å². The van der Waals surface area contributed by atoms with E-state index in [0.29, 0.717) is 25.6 Å². The lowest BCUT2D eigenvalue weighted by atomic mass is 10.2. The van der Waals surface area contributed by atoms with Crippen LogP contribution >= 0.6 is 0 Å². The molecule has 1 N–H and O–H groups in total. The molecule has 1 aliphatic rings. The topological polar surface area (TPSA) is 69.7 Å². The zero-order valence-corrected chi connectivity index (χ0v) is 14.1. The third-order valence-corrected chi connectivity index (χ3v) is 5.52. The van der Waals surface area contributed by atoms with E-state index in [9.17, 15) is 17.6 Å². The highest BCUT2D eigenvalue weighted by Crippen LogP contribution is 2.18. The summed E-state index contributed by atoms with van der Waals surface area (Å²) in [5.41, 5.74) is 0. The van der Waals surface area contributed by atoms with E-state index in [0.717, 1.165) is 6.07 Å². The van der Waals surface area contributed by atoms with Gasteiger partial charge in [-0.15, -0.1) is 0 Å². The molecule has 1 aromatic rings. The Balaban J connectivity index is 1.97. The van der Waals surface area contributed by atoms with Gasteiger partial charge in [-0.1, -0.05) is 19.9 Å². The third kappa shape index (κ3) is 4.42. The maximum atomic E-state index is 13.2. The van der Waals surface area contributed by atoms with E-state index >= 15 is 0 Å². The molecule has 128 valence electrons. The van der Waals surface area contributed by atoms with Crippen molar-refractivity contribution in [2.75, 3.05) is 32.7 Å². The summed E-state index contributed by atoms with van der Waals surface area (Å²) in [4.78, 5) is 13.5. The zero-order chi connectivity index (χ0) is 17.0. The first kappa shape index (κ1) is 17.7. The van der Waals surface area contributed by atoms with Crippen LogP contribution in [0.1, 0.15) is 13.8 Å². The average molecular weight is 343 g/mol. The first-order chi connectivity index (χ1) is 10.8.